The van der Waals surface area contributed by atoms with Gasteiger partial charge in [0.1, 0.15) is 5.82 Å². The lowest BCUT2D eigenvalue weighted by Crippen LogP contribution is -2.30. The lowest BCUT2D eigenvalue weighted by Gasteiger charge is -2.14. The first-order valence-electron chi connectivity index (χ1n) is 11.0. The average molecular weight is 442 g/mol. The molecule has 0 spiro atoms. The molecule has 1 atom stereocenters. The third-order valence-electron chi connectivity index (χ3n) is 5.54. The molecule has 0 saturated heterocycles. The first-order chi connectivity index (χ1) is 15.8. The summed E-state index contributed by atoms with van der Waals surface area (Å²) >= 11 is 0. The lowest BCUT2D eigenvalue weighted by molar-refractivity contribution is -0.123. The van der Waals surface area contributed by atoms with Gasteiger partial charge < -0.3 is 15.0 Å². The molecule has 2 N–H and O–H groups in total. The van der Waals surface area contributed by atoms with Crippen LogP contribution in [0.15, 0.2) is 66.7 Å². The van der Waals surface area contributed by atoms with E-state index in [4.69, 9.17) is 4.74 Å². The van der Waals surface area contributed by atoms with Crippen LogP contribution in [-0.2, 0) is 9.53 Å². The minimum atomic E-state index is -0.942. The maximum Gasteiger partial charge on any atom is 0.338 e. The zero-order valence-corrected chi connectivity index (χ0v) is 19.2. The van der Waals surface area contributed by atoms with Crippen molar-refractivity contribution < 1.29 is 14.3 Å². The Labute approximate surface area is 193 Å². The highest BCUT2D eigenvalue weighted by molar-refractivity contribution is 5.98. The number of H-pyrrole nitrogens is 1. The van der Waals surface area contributed by atoms with Crippen LogP contribution in [0.5, 0.6) is 0 Å². The van der Waals surface area contributed by atoms with E-state index >= 15 is 0 Å². The summed E-state index contributed by atoms with van der Waals surface area (Å²) in [5, 5.41) is 2.79. The molecule has 1 aromatic heterocycles. The molecular formula is C27H27N3O3. The number of aromatic nitrogens is 2. The molecule has 168 valence electrons. The summed E-state index contributed by atoms with van der Waals surface area (Å²) in [6.07, 6.45) is -0.942. The highest BCUT2D eigenvalue weighted by atomic mass is 16.5. The van der Waals surface area contributed by atoms with E-state index < -0.39 is 12.1 Å². The molecule has 0 bridgehead atoms. The van der Waals surface area contributed by atoms with E-state index in [1.165, 1.54) is 11.1 Å². The quantitative estimate of drug-likeness (QED) is 0.368. The summed E-state index contributed by atoms with van der Waals surface area (Å²) in [7, 11) is 0. The molecule has 1 amide bonds. The number of amides is 1. The van der Waals surface area contributed by atoms with Gasteiger partial charge in [-0.05, 0) is 55.7 Å². The van der Waals surface area contributed by atoms with E-state index in [1.807, 2.05) is 55.5 Å². The van der Waals surface area contributed by atoms with Crippen molar-refractivity contribution in [1.29, 1.82) is 0 Å². The van der Waals surface area contributed by atoms with Crippen molar-refractivity contribution in [2.45, 2.75) is 39.7 Å². The number of esters is 1. The monoisotopic (exact) mass is 441 g/mol. The predicted molar refractivity (Wildman–Crippen MR) is 130 cm³/mol. The van der Waals surface area contributed by atoms with Gasteiger partial charge in [0.2, 0.25) is 0 Å². The Morgan fingerprint density at radius 1 is 0.939 bits per heavy atom. The summed E-state index contributed by atoms with van der Waals surface area (Å²) in [6, 6.07) is 20.8. The Balaban J connectivity index is 1.43. The van der Waals surface area contributed by atoms with Gasteiger partial charge in [0.05, 0.1) is 16.6 Å². The molecule has 0 saturated carbocycles. The van der Waals surface area contributed by atoms with Crippen LogP contribution in [0.3, 0.4) is 0 Å². The van der Waals surface area contributed by atoms with E-state index in [1.54, 1.807) is 25.1 Å². The molecule has 0 fully saturated rings. The smallest absolute Gasteiger partial charge is 0.338 e. The van der Waals surface area contributed by atoms with Gasteiger partial charge in [-0.2, -0.15) is 0 Å². The molecule has 1 unspecified atom stereocenters. The molecule has 33 heavy (non-hydrogen) atoms. The third kappa shape index (κ3) is 5.12. The maximum absolute atomic E-state index is 12.7. The highest BCUT2D eigenvalue weighted by Crippen LogP contribution is 2.22. The van der Waals surface area contributed by atoms with Crippen molar-refractivity contribution in [2.75, 3.05) is 5.32 Å². The molecule has 1 heterocycles. The number of ether oxygens (including phenoxy) is 1. The average Bonchev–Trinajstić information content (AvgIpc) is 3.23. The SMILES string of the molecule is Cc1ccc(-c2nc3ccc(C(=O)OC(C)C(=O)Nc4ccc(C(C)C)cc4)cc3[nH]2)cc1. The zero-order chi connectivity index (χ0) is 23.5. The number of benzene rings is 3. The van der Waals surface area contributed by atoms with Gasteiger partial charge in [-0.25, -0.2) is 9.78 Å². The summed E-state index contributed by atoms with van der Waals surface area (Å²) in [5.74, 6) is 0.188. The second-order valence-corrected chi connectivity index (χ2v) is 8.50. The van der Waals surface area contributed by atoms with Gasteiger partial charge in [0.25, 0.3) is 5.91 Å². The normalized spacial score (nSPS) is 12.0. The summed E-state index contributed by atoms with van der Waals surface area (Å²) in [5.41, 5.74) is 5.81. The second-order valence-electron chi connectivity index (χ2n) is 8.50. The Morgan fingerprint density at radius 2 is 1.64 bits per heavy atom. The Bertz CT molecular complexity index is 1290. The van der Waals surface area contributed by atoms with E-state index in [9.17, 15) is 9.59 Å². The van der Waals surface area contributed by atoms with Gasteiger partial charge in [0.15, 0.2) is 6.10 Å². The number of carbonyl (C=O) groups is 2. The number of hydrogen-bond acceptors (Lipinski definition) is 4. The maximum atomic E-state index is 12.7. The minimum absolute atomic E-state index is 0.350. The van der Waals surface area contributed by atoms with E-state index in [0.717, 1.165) is 22.4 Å². The van der Waals surface area contributed by atoms with Crippen LogP contribution in [-0.4, -0.2) is 27.9 Å². The Morgan fingerprint density at radius 3 is 2.30 bits per heavy atom. The number of aromatic amines is 1. The minimum Gasteiger partial charge on any atom is -0.449 e. The van der Waals surface area contributed by atoms with Crippen LogP contribution in [0.4, 0.5) is 5.69 Å². The van der Waals surface area contributed by atoms with Gasteiger partial charge in [-0.15, -0.1) is 0 Å². The van der Waals surface area contributed by atoms with Crippen molar-refractivity contribution >= 4 is 28.6 Å². The predicted octanol–water partition coefficient (Wildman–Crippen LogP) is 5.85. The van der Waals surface area contributed by atoms with Crippen LogP contribution in [0.1, 0.15) is 48.2 Å². The lowest BCUT2D eigenvalue weighted by atomic mass is 10.0. The first-order valence-corrected chi connectivity index (χ1v) is 11.0. The molecule has 0 aliphatic carbocycles. The van der Waals surface area contributed by atoms with Gasteiger partial charge in [-0.3, -0.25) is 4.79 Å². The van der Waals surface area contributed by atoms with E-state index in [0.29, 0.717) is 17.2 Å². The zero-order valence-electron chi connectivity index (χ0n) is 19.2. The topological polar surface area (TPSA) is 84.1 Å². The van der Waals surface area contributed by atoms with Crippen LogP contribution in [0.25, 0.3) is 22.4 Å². The van der Waals surface area contributed by atoms with Crippen molar-refractivity contribution in [2.24, 2.45) is 0 Å². The number of fused-ring (bicyclic) bond motifs is 1. The molecule has 0 radical (unpaired) electrons. The summed E-state index contributed by atoms with van der Waals surface area (Å²) < 4.78 is 5.40. The number of hydrogen-bond donors (Lipinski definition) is 2. The molecular weight excluding hydrogens is 414 g/mol. The van der Waals surface area contributed by atoms with E-state index in [2.05, 4.69) is 29.1 Å². The fraction of sp³-hybridized carbons (Fsp3) is 0.222. The number of anilines is 1. The standard InChI is InChI=1S/C27H27N3O3/c1-16(2)19-9-12-22(13-10-19)28-26(31)18(4)33-27(32)21-11-14-23-24(15-21)30-25(29-23)20-7-5-17(3)6-8-20/h5-16,18H,1-4H3,(H,28,31)(H,29,30). The van der Waals surface area contributed by atoms with Gasteiger partial charge in [0, 0.05) is 11.3 Å². The summed E-state index contributed by atoms with van der Waals surface area (Å²) in [6.45, 7) is 7.81. The molecule has 4 rings (SSSR count). The van der Waals surface area contributed by atoms with Crippen LogP contribution in [0.2, 0.25) is 0 Å². The Kier molecular flexibility index (Phi) is 6.27. The van der Waals surface area contributed by atoms with Crippen LogP contribution < -0.4 is 5.32 Å². The molecule has 0 aliphatic heterocycles. The fourth-order valence-corrected chi connectivity index (χ4v) is 3.46. The molecule has 3 aromatic carbocycles. The number of carbonyl (C=O) groups excluding carboxylic acids is 2. The van der Waals surface area contributed by atoms with Crippen molar-refractivity contribution in [3.8, 4) is 11.4 Å². The molecule has 0 aliphatic rings. The molecule has 6 nitrogen and oxygen atoms in total. The summed E-state index contributed by atoms with van der Waals surface area (Å²) in [4.78, 5) is 33.0. The number of nitrogens with one attached hydrogen (secondary N) is 2. The number of imidazole rings is 1. The van der Waals surface area contributed by atoms with Gasteiger partial charge in [-0.1, -0.05) is 55.8 Å². The van der Waals surface area contributed by atoms with E-state index in [-0.39, 0.29) is 5.91 Å². The number of rotatable bonds is 6. The first kappa shape index (κ1) is 22.3. The van der Waals surface area contributed by atoms with Crippen LogP contribution >= 0.6 is 0 Å². The Hall–Kier alpha value is -3.93. The third-order valence-corrected chi connectivity index (χ3v) is 5.54. The fourth-order valence-electron chi connectivity index (χ4n) is 3.46. The molecule has 6 heteroatoms. The largest absolute Gasteiger partial charge is 0.449 e. The van der Waals surface area contributed by atoms with Crippen molar-refractivity contribution in [3.05, 3.63) is 83.4 Å². The number of nitrogens with zero attached hydrogens (tertiary/aromatic N) is 1. The van der Waals surface area contributed by atoms with Gasteiger partial charge >= 0.3 is 5.97 Å². The van der Waals surface area contributed by atoms with Crippen LogP contribution in [0, 0.1) is 6.92 Å². The highest BCUT2D eigenvalue weighted by Gasteiger charge is 2.20. The van der Waals surface area contributed by atoms with Crippen molar-refractivity contribution in [3.63, 3.8) is 0 Å². The second kappa shape index (κ2) is 9.28. The number of aryl methyl sites for hydroxylation is 1. The van der Waals surface area contributed by atoms with Crippen molar-refractivity contribution in [1.82, 2.24) is 9.97 Å². The molecule has 4 aromatic rings.